The molecule has 1 aromatic carbocycles. The first-order valence-electron chi connectivity index (χ1n) is 9.76. The topological polar surface area (TPSA) is 47.1 Å². The first kappa shape index (κ1) is 17.8. The Bertz CT molecular complexity index is 766. The molecule has 2 aliphatic rings. The molecule has 0 unspecified atom stereocenters. The molecule has 1 aromatic heterocycles. The number of benzene rings is 1. The van der Waals surface area contributed by atoms with Crippen LogP contribution in [0.5, 0.6) is 0 Å². The summed E-state index contributed by atoms with van der Waals surface area (Å²) in [6, 6.07) is 8.43. The lowest BCUT2D eigenvalue weighted by Gasteiger charge is -2.32. The summed E-state index contributed by atoms with van der Waals surface area (Å²) in [6.07, 6.45) is 5.76. The van der Waals surface area contributed by atoms with Crippen molar-refractivity contribution in [2.24, 2.45) is 5.92 Å². The summed E-state index contributed by atoms with van der Waals surface area (Å²) in [4.78, 5) is 8.18. The summed E-state index contributed by atoms with van der Waals surface area (Å²) < 4.78 is 12.3. The fourth-order valence-electron chi connectivity index (χ4n) is 3.95. The van der Waals surface area contributed by atoms with Crippen LogP contribution in [0.1, 0.15) is 65.6 Å². The fourth-order valence-corrected chi connectivity index (χ4v) is 3.95. The van der Waals surface area contributed by atoms with Gasteiger partial charge in [-0.1, -0.05) is 31.2 Å². The molecule has 2 heterocycles. The largest absolute Gasteiger partial charge is 0.494 e. The second-order valence-electron chi connectivity index (χ2n) is 9.01. The summed E-state index contributed by atoms with van der Waals surface area (Å²) in [5, 5.41) is 0. The highest BCUT2D eigenvalue weighted by atomic mass is 16.7. The first-order chi connectivity index (χ1) is 12.2. The highest BCUT2D eigenvalue weighted by molar-refractivity contribution is 6.62. The zero-order valence-corrected chi connectivity index (χ0v) is 16.5. The van der Waals surface area contributed by atoms with Crippen molar-refractivity contribution >= 4 is 12.6 Å². The highest BCUT2D eigenvalue weighted by Crippen LogP contribution is 2.38. The van der Waals surface area contributed by atoms with Crippen molar-refractivity contribution in [1.82, 2.24) is 9.97 Å². The third-order valence-electron chi connectivity index (χ3n) is 6.42. The summed E-state index contributed by atoms with van der Waals surface area (Å²) >= 11 is 0. The van der Waals surface area contributed by atoms with Gasteiger partial charge in [-0.15, -0.1) is 0 Å². The maximum Gasteiger partial charge on any atom is 0.494 e. The Balaban J connectivity index is 1.50. The molecule has 5 heteroatoms. The Morgan fingerprint density at radius 2 is 1.69 bits per heavy atom. The van der Waals surface area contributed by atoms with Crippen molar-refractivity contribution in [1.29, 1.82) is 0 Å². The lowest BCUT2D eigenvalue weighted by molar-refractivity contribution is 0.00578. The maximum absolute atomic E-state index is 6.13. The third-order valence-corrected chi connectivity index (χ3v) is 6.42. The second kappa shape index (κ2) is 6.24. The van der Waals surface area contributed by atoms with Crippen molar-refractivity contribution in [2.45, 2.75) is 71.0 Å². The molecular weight excluding hydrogens is 323 g/mol. The van der Waals surface area contributed by atoms with Gasteiger partial charge < -0.3 is 14.3 Å². The van der Waals surface area contributed by atoms with Crippen molar-refractivity contribution in [2.75, 3.05) is 0 Å². The van der Waals surface area contributed by atoms with Crippen LogP contribution >= 0.6 is 0 Å². The number of nitrogens with one attached hydrogen (secondary N) is 1. The van der Waals surface area contributed by atoms with Crippen molar-refractivity contribution < 1.29 is 9.31 Å². The summed E-state index contributed by atoms with van der Waals surface area (Å²) in [6.45, 7) is 10.7. The number of hydrogen-bond donors (Lipinski definition) is 1. The quantitative estimate of drug-likeness (QED) is 0.839. The van der Waals surface area contributed by atoms with Crippen LogP contribution in [0.3, 0.4) is 0 Å². The van der Waals surface area contributed by atoms with E-state index < -0.39 is 0 Å². The predicted octanol–water partition coefficient (Wildman–Crippen LogP) is 4.28. The average Bonchev–Trinajstić information content (AvgIpc) is 3.26. The molecular formula is C21H29BN2O2. The molecule has 1 N–H and O–H groups in total. The number of aromatic nitrogens is 2. The number of nitrogens with zero attached hydrogens (tertiary/aromatic N) is 1. The van der Waals surface area contributed by atoms with E-state index >= 15 is 0 Å². The van der Waals surface area contributed by atoms with Gasteiger partial charge in [-0.05, 0) is 63.9 Å². The molecule has 26 heavy (non-hydrogen) atoms. The number of hydrogen-bond acceptors (Lipinski definition) is 3. The van der Waals surface area contributed by atoms with Gasteiger partial charge in [0, 0.05) is 5.92 Å². The van der Waals surface area contributed by atoms with E-state index in [-0.39, 0.29) is 18.3 Å². The predicted molar refractivity (Wildman–Crippen MR) is 105 cm³/mol. The summed E-state index contributed by atoms with van der Waals surface area (Å²) in [5.41, 5.74) is 2.66. The zero-order chi connectivity index (χ0) is 18.5. The smallest absolute Gasteiger partial charge is 0.399 e. The molecule has 1 aliphatic carbocycles. The van der Waals surface area contributed by atoms with Crippen LogP contribution in [0.15, 0.2) is 30.5 Å². The van der Waals surface area contributed by atoms with Crippen molar-refractivity contribution in [3.63, 3.8) is 0 Å². The van der Waals surface area contributed by atoms with Gasteiger partial charge in [0.05, 0.1) is 23.1 Å². The Labute approximate surface area is 156 Å². The van der Waals surface area contributed by atoms with Gasteiger partial charge in [-0.2, -0.15) is 0 Å². The van der Waals surface area contributed by atoms with E-state index in [0.717, 1.165) is 28.5 Å². The van der Waals surface area contributed by atoms with Crippen LogP contribution in [-0.4, -0.2) is 28.3 Å². The number of rotatable bonds is 3. The Morgan fingerprint density at radius 1 is 1.04 bits per heavy atom. The zero-order valence-electron chi connectivity index (χ0n) is 16.5. The van der Waals surface area contributed by atoms with Crippen LogP contribution in [0, 0.1) is 5.92 Å². The van der Waals surface area contributed by atoms with E-state index in [9.17, 15) is 0 Å². The molecule has 0 amide bonds. The fraction of sp³-hybridized carbons (Fsp3) is 0.571. The molecule has 0 bridgehead atoms. The van der Waals surface area contributed by atoms with E-state index in [2.05, 4.69) is 68.9 Å². The van der Waals surface area contributed by atoms with Gasteiger partial charge in [0.2, 0.25) is 0 Å². The molecule has 1 aliphatic heterocycles. The van der Waals surface area contributed by atoms with E-state index in [0.29, 0.717) is 5.92 Å². The molecule has 1 saturated heterocycles. The molecule has 0 radical (unpaired) electrons. The number of aromatic amines is 1. The number of imidazole rings is 1. The van der Waals surface area contributed by atoms with Gasteiger partial charge >= 0.3 is 7.12 Å². The average molecular weight is 352 g/mol. The standard InChI is InChI=1S/C21H29BN2O2/c1-14-6-7-16(12-14)19-23-13-18(24-19)15-8-10-17(11-9-15)22-25-20(2,3)21(4,5)26-22/h8-11,13-14,16H,6-7,12H2,1-5H3,(H,23,24)/t14-,16+/m0/s1. The van der Waals surface area contributed by atoms with Crippen LogP contribution < -0.4 is 5.46 Å². The molecule has 138 valence electrons. The SMILES string of the molecule is C[C@H]1CC[C@@H](c2ncc(-c3ccc(B4OC(C)(C)C(C)(C)O4)cc3)[nH]2)C1. The minimum Gasteiger partial charge on any atom is -0.399 e. The minimum atomic E-state index is -0.314. The van der Waals surface area contributed by atoms with Gasteiger partial charge in [0.25, 0.3) is 0 Å². The maximum atomic E-state index is 6.13. The normalized spacial score (nSPS) is 27.2. The minimum absolute atomic E-state index is 0.312. The molecule has 1 saturated carbocycles. The molecule has 4 nitrogen and oxygen atoms in total. The summed E-state index contributed by atoms with van der Waals surface area (Å²) in [7, 11) is -0.314. The van der Waals surface area contributed by atoms with Gasteiger partial charge in [0.15, 0.2) is 0 Å². The van der Waals surface area contributed by atoms with Crippen molar-refractivity contribution in [3.8, 4) is 11.3 Å². The lowest BCUT2D eigenvalue weighted by atomic mass is 9.79. The first-order valence-corrected chi connectivity index (χ1v) is 9.76. The van der Waals surface area contributed by atoms with Crippen molar-refractivity contribution in [3.05, 3.63) is 36.3 Å². The van der Waals surface area contributed by atoms with E-state index in [1.807, 2.05) is 6.20 Å². The van der Waals surface area contributed by atoms with E-state index in [1.165, 1.54) is 19.3 Å². The summed E-state index contributed by atoms with van der Waals surface area (Å²) in [5.74, 6) is 2.54. The third kappa shape index (κ3) is 3.12. The lowest BCUT2D eigenvalue weighted by Crippen LogP contribution is -2.41. The van der Waals surface area contributed by atoms with Crippen LogP contribution in [-0.2, 0) is 9.31 Å². The highest BCUT2D eigenvalue weighted by Gasteiger charge is 2.51. The van der Waals surface area contributed by atoms with Crippen LogP contribution in [0.25, 0.3) is 11.3 Å². The molecule has 2 aromatic rings. The van der Waals surface area contributed by atoms with Gasteiger partial charge in [-0.3, -0.25) is 0 Å². The Hall–Kier alpha value is -1.59. The van der Waals surface area contributed by atoms with Crippen LogP contribution in [0.4, 0.5) is 0 Å². The molecule has 4 rings (SSSR count). The van der Waals surface area contributed by atoms with Gasteiger partial charge in [0.1, 0.15) is 5.82 Å². The van der Waals surface area contributed by atoms with Gasteiger partial charge in [-0.25, -0.2) is 4.98 Å². The monoisotopic (exact) mass is 352 g/mol. The van der Waals surface area contributed by atoms with E-state index in [1.54, 1.807) is 0 Å². The second-order valence-corrected chi connectivity index (χ2v) is 9.01. The Morgan fingerprint density at radius 3 is 2.27 bits per heavy atom. The van der Waals surface area contributed by atoms with Crippen LogP contribution in [0.2, 0.25) is 0 Å². The number of H-pyrrole nitrogens is 1. The Kier molecular flexibility index (Phi) is 4.28. The molecule has 2 atom stereocenters. The molecule has 2 fully saturated rings. The van der Waals surface area contributed by atoms with E-state index in [4.69, 9.17) is 9.31 Å². The molecule has 0 spiro atoms.